The van der Waals surface area contributed by atoms with Gasteiger partial charge in [-0.1, -0.05) is 0 Å². The SMILES string of the molecule is CSCCCS(=O)(=O)c1cc(C(=O)O)cc(C)c1C. The van der Waals surface area contributed by atoms with Gasteiger partial charge in [0.25, 0.3) is 0 Å². The van der Waals surface area contributed by atoms with Crippen molar-refractivity contribution in [1.29, 1.82) is 0 Å². The average Bonchev–Trinajstić information content (AvgIpc) is 2.32. The third kappa shape index (κ3) is 3.98. The van der Waals surface area contributed by atoms with Crippen LogP contribution in [0.3, 0.4) is 0 Å². The van der Waals surface area contributed by atoms with Crippen LogP contribution in [0.2, 0.25) is 0 Å². The molecular weight excluding hydrogens is 284 g/mol. The van der Waals surface area contributed by atoms with Crippen molar-refractivity contribution in [3.8, 4) is 0 Å². The zero-order valence-corrected chi connectivity index (χ0v) is 12.9. The summed E-state index contributed by atoms with van der Waals surface area (Å²) < 4.78 is 24.5. The van der Waals surface area contributed by atoms with Crippen LogP contribution in [-0.2, 0) is 9.84 Å². The van der Waals surface area contributed by atoms with Crippen molar-refractivity contribution in [3.05, 3.63) is 28.8 Å². The molecule has 6 heteroatoms. The van der Waals surface area contributed by atoms with E-state index in [0.717, 1.165) is 5.75 Å². The number of carboxylic acid groups (broad SMARTS) is 1. The highest BCUT2D eigenvalue weighted by atomic mass is 32.2. The van der Waals surface area contributed by atoms with Crippen LogP contribution in [0.4, 0.5) is 0 Å². The van der Waals surface area contributed by atoms with Crippen LogP contribution < -0.4 is 0 Å². The summed E-state index contributed by atoms with van der Waals surface area (Å²) in [7, 11) is -3.42. The van der Waals surface area contributed by atoms with E-state index in [1.54, 1.807) is 25.6 Å². The lowest BCUT2D eigenvalue weighted by molar-refractivity contribution is 0.0696. The summed E-state index contributed by atoms with van der Waals surface area (Å²) in [5.41, 5.74) is 1.34. The lowest BCUT2D eigenvalue weighted by atomic mass is 10.1. The first kappa shape index (κ1) is 16.0. The highest BCUT2D eigenvalue weighted by Crippen LogP contribution is 2.23. The van der Waals surface area contributed by atoms with Gasteiger partial charge >= 0.3 is 5.97 Å². The van der Waals surface area contributed by atoms with Crippen molar-refractivity contribution in [2.24, 2.45) is 0 Å². The lowest BCUT2D eigenvalue weighted by Crippen LogP contribution is -2.12. The van der Waals surface area contributed by atoms with Crippen molar-refractivity contribution in [2.75, 3.05) is 17.8 Å². The maximum atomic E-state index is 12.3. The first-order valence-corrected chi connectivity index (χ1v) is 8.90. The second-order valence-electron chi connectivity index (χ2n) is 4.39. The van der Waals surface area contributed by atoms with Gasteiger partial charge in [-0.05, 0) is 55.5 Å². The van der Waals surface area contributed by atoms with E-state index in [-0.39, 0.29) is 16.2 Å². The number of sulfone groups is 1. The van der Waals surface area contributed by atoms with E-state index in [2.05, 4.69) is 0 Å². The molecule has 1 aromatic carbocycles. The van der Waals surface area contributed by atoms with Crippen molar-refractivity contribution < 1.29 is 18.3 Å². The molecule has 0 fully saturated rings. The van der Waals surface area contributed by atoms with Gasteiger partial charge in [0.2, 0.25) is 0 Å². The molecule has 1 aromatic rings. The number of thioether (sulfide) groups is 1. The highest BCUT2D eigenvalue weighted by molar-refractivity contribution is 7.98. The van der Waals surface area contributed by atoms with E-state index < -0.39 is 15.8 Å². The molecule has 0 unspecified atom stereocenters. The zero-order valence-electron chi connectivity index (χ0n) is 11.3. The Morgan fingerprint density at radius 3 is 2.47 bits per heavy atom. The molecule has 0 spiro atoms. The quantitative estimate of drug-likeness (QED) is 0.818. The standard InChI is InChI=1S/C13H18O4S2/c1-9-7-11(13(14)15)8-12(10(9)2)19(16,17)6-4-5-18-3/h7-8H,4-6H2,1-3H3,(H,14,15). The maximum Gasteiger partial charge on any atom is 0.335 e. The van der Waals surface area contributed by atoms with Crippen LogP contribution in [0.5, 0.6) is 0 Å². The molecule has 0 aliphatic rings. The van der Waals surface area contributed by atoms with Gasteiger partial charge in [0.05, 0.1) is 16.2 Å². The fourth-order valence-corrected chi connectivity index (χ4v) is 4.07. The van der Waals surface area contributed by atoms with Crippen LogP contribution in [0.15, 0.2) is 17.0 Å². The van der Waals surface area contributed by atoms with Crippen LogP contribution in [-0.4, -0.2) is 37.3 Å². The summed E-state index contributed by atoms with van der Waals surface area (Å²) in [6.45, 7) is 3.44. The summed E-state index contributed by atoms with van der Waals surface area (Å²) in [4.78, 5) is 11.2. The second kappa shape index (κ2) is 6.43. The molecule has 0 heterocycles. The third-order valence-electron chi connectivity index (χ3n) is 2.96. The van der Waals surface area contributed by atoms with Crippen LogP contribution in [0, 0.1) is 13.8 Å². The van der Waals surface area contributed by atoms with Gasteiger partial charge in [0.1, 0.15) is 0 Å². The van der Waals surface area contributed by atoms with E-state index in [9.17, 15) is 13.2 Å². The summed E-state index contributed by atoms with van der Waals surface area (Å²) in [6, 6.07) is 2.76. The molecule has 0 saturated heterocycles. The molecule has 106 valence electrons. The van der Waals surface area contributed by atoms with Crippen molar-refractivity contribution in [3.63, 3.8) is 0 Å². The number of hydrogen-bond donors (Lipinski definition) is 1. The van der Waals surface area contributed by atoms with Crippen molar-refractivity contribution >= 4 is 27.6 Å². The number of carbonyl (C=O) groups is 1. The smallest absolute Gasteiger partial charge is 0.335 e. The Kier molecular flexibility index (Phi) is 5.43. The molecule has 19 heavy (non-hydrogen) atoms. The van der Waals surface area contributed by atoms with Gasteiger partial charge in [-0.3, -0.25) is 0 Å². The molecule has 1 N–H and O–H groups in total. The Hall–Kier alpha value is -1.01. The summed E-state index contributed by atoms with van der Waals surface area (Å²) in [5.74, 6) is -0.281. The van der Waals surface area contributed by atoms with Gasteiger partial charge in [-0.2, -0.15) is 11.8 Å². The summed E-state index contributed by atoms with van der Waals surface area (Å²) in [5, 5.41) is 9.01. The van der Waals surface area contributed by atoms with Gasteiger partial charge in [-0.15, -0.1) is 0 Å². The zero-order chi connectivity index (χ0) is 14.6. The minimum absolute atomic E-state index is 0.0199. The molecule has 4 nitrogen and oxygen atoms in total. The number of aromatic carboxylic acids is 1. The molecule has 0 aliphatic carbocycles. The first-order chi connectivity index (χ1) is 8.79. The number of carboxylic acids is 1. The monoisotopic (exact) mass is 302 g/mol. The molecule has 0 bridgehead atoms. The van der Waals surface area contributed by atoms with Crippen molar-refractivity contribution in [2.45, 2.75) is 25.2 Å². The molecule has 0 aliphatic heterocycles. The number of benzene rings is 1. The Labute approximate surface area is 118 Å². The largest absolute Gasteiger partial charge is 0.478 e. The Morgan fingerprint density at radius 2 is 1.95 bits per heavy atom. The van der Waals surface area contributed by atoms with E-state index in [1.165, 1.54) is 12.1 Å². The third-order valence-corrected chi connectivity index (χ3v) is 5.58. The average molecular weight is 302 g/mol. The molecule has 1 rings (SSSR count). The minimum atomic E-state index is -3.42. The summed E-state index contributed by atoms with van der Waals surface area (Å²) in [6.07, 6.45) is 2.49. The lowest BCUT2D eigenvalue weighted by Gasteiger charge is -2.11. The molecule has 0 amide bonds. The van der Waals surface area contributed by atoms with E-state index in [1.807, 2.05) is 6.26 Å². The normalized spacial score (nSPS) is 11.5. The number of aryl methyl sites for hydroxylation is 1. The van der Waals surface area contributed by atoms with Gasteiger partial charge in [-0.25, -0.2) is 13.2 Å². The molecule has 0 atom stereocenters. The number of hydrogen-bond acceptors (Lipinski definition) is 4. The first-order valence-electron chi connectivity index (χ1n) is 5.86. The second-order valence-corrected chi connectivity index (χ2v) is 7.45. The van der Waals surface area contributed by atoms with E-state index >= 15 is 0 Å². The minimum Gasteiger partial charge on any atom is -0.478 e. The fraction of sp³-hybridized carbons (Fsp3) is 0.462. The topological polar surface area (TPSA) is 71.4 Å². The van der Waals surface area contributed by atoms with Crippen LogP contribution in [0.25, 0.3) is 0 Å². The Morgan fingerprint density at radius 1 is 1.32 bits per heavy atom. The highest BCUT2D eigenvalue weighted by Gasteiger charge is 2.20. The number of rotatable bonds is 6. The fourth-order valence-electron chi connectivity index (χ4n) is 1.78. The van der Waals surface area contributed by atoms with E-state index in [4.69, 9.17) is 5.11 Å². The Bertz CT molecular complexity index is 577. The van der Waals surface area contributed by atoms with Crippen LogP contribution >= 0.6 is 11.8 Å². The van der Waals surface area contributed by atoms with Crippen molar-refractivity contribution in [1.82, 2.24) is 0 Å². The molecule has 0 radical (unpaired) electrons. The predicted molar refractivity (Wildman–Crippen MR) is 77.9 cm³/mol. The maximum absolute atomic E-state index is 12.3. The van der Waals surface area contributed by atoms with Crippen LogP contribution in [0.1, 0.15) is 27.9 Å². The Balaban J connectivity index is 3.21. The summed E-state index contributed by atoms with van der Waals surface area (Å²) >= 11 is 1.59. The van der Waals surface area contributed by atoms with Gasteiger partial charge in [0, 0.05) is 0 Å². The molecule has 0 saturated carbocycles. The molecule has 0 aromatic heterocycles. The predicted octanol–water partition coefficient (Wildman–Crippen LogP) is 2.53. The van der Waals surface area contributed by atoms with Gasteiger partial charge in [0.15, 0.2) is 9.84 Å². The molecular formula is C13H18O4S2. The van der Waals surface area contributed by atoms with Gasteiger partial charge < -0.3 is 5.11 Å². The van der Waals surface area contributed by atoms with E-state index in [0.29, 0.717) is 17.5 Å².